The van der Waals surface area contributed by atoms with Crippen LogP contribution in [0.25, 0.3) is 0 Å². The summed E-state index contributed by atoms with van der Waals surface area (Å²) in [5.41, 5.74) is 2.15. The van der Waals surface area contributed by atoms with Gasteiger partial charge in [0.1, 0.15) is 12.1 Å². The van der Waals surface area contributed by atoms with Crippen LogP contribution in [0.1, 0.15) is 60.6 Å². The third kappa shape index (κ3) is 7.50. The average Bonchev–Trinajstić information content (AvgIpc) is 3.64. The molecule has 47 heavy (non-hydrogen) atoms. The van der Waals surface area contributed by atoms with Crippen LogP contribution in [0.5, 0.6) is 0 Å². The van der Waals surface area contributed by atoms with Crippen molar-refractivity contribution in [2.45, 2.75) is 108 Å². The summed E-state index contributed by atoms with van der Waals surface area (Å²) in [5, 5.41) is 1.95. The lowest BCUT2D eigenvalue weighted by atomic mass is 10.1. The van der Waals surface area contributed by atoms with Gasteiger partial charge >= 0.3 is 5.69 Å². The van der Waals surface area contributed by atoms with E-state index in [4.69, 9.17) is 23.2 Å². The number of rotatable bonds is 11. The van der Waals surface area contributed by atoms with Crippen LogP contribution in [-0.2, 0) is 23.2 Å². The van der Waals surface area contributed by atoms with Crippen molar-refractivity contribution in [3.05, 3.63) is 93.8 Å². The predicted molar refractivity (Wildman–Crippen MR) is 188 cm³/mol. The van der Waals surface area contributed by atoms with Crippen LogP contribution >= 0.6 is 0 Å². The van der Waals surface area contributed by atoms with Gasteiger partial charge in [0.05, 0.1) is 19.3 Å². The van der Waals surface area contributed by atoms with Gasteiger partial charge in [-0.15, -0.1) is 0 Å². The van der Waals surface area contributed by atoms with Gasteiger partial charge < -0.3 is 18.3 Å². The van der Waals surface area contributed by atoms with Crippen LogP contribution in [-0.4, -0.2) is 63.9 Å². The number of nitrogens with one attached hydrogen (secondary N) is 2. The van der Waals surface area contributed by atoms with Gasteiger partial charge in [-0.2, -0.15) is 5.48 Å². The zero-order valence-electron chi connectivity index (χ0n) is 28.9. The van der Waals surface area contributed by atoms with E-state index in [1.807, 2.05) is 12.1 Å². The Morgan fingerprint density at radius 1 is 0.915 bits per heavy atom. The molecule has 3 aromatic rings. The lowest BCUT2D eigenvalue weighted by Gasteiger charge is -2.44. The van der Waals surface area contributed by atoms with Gasteiger partial charge in [0.2, 0.25) is 0 Å². The average molecular weight is 682 g/mol. The summed E-state index contributed by atoms with van der Waals surface area (Å²) in [6.07, 6.45) is 0.681. The molecule has 2 aliphatic rings. The monoisotopic (exact) mass is 681 g/mol. The number of hydrogen-bond donors (Lipinski definition) is 2. The van der Waals surface area contributed by atoms with E-state index in [2.05, 4.69) is 114 Å². The van der Waals surface area contributed by atoms with Crippen molar-refractivity contribution >= 4 is 27.0 Å². The predicted octanol–water partition coefficient (Wildman–Crippen LogP) is 4.43. The van der Waals surface area contributed by atoms with Crippen LogP contribution in [0.2, 0.25) is 23.2 Å². The van der Waals surface area contributed by atoms with Crippen molar-refractivity contribution in [1.29, 1.82) is 0 Å². The number of hydrogen-bond acceptors (Lipinski definition) is 8. The maximum Gasteiger partial charge on any atom is 0.330 e. The first-order chi connectivity index (χ1) is 22.1. The Kier molecular flexibility index (Phi) is 10.6. The molecule has 256 valence electrons. The number of nitrogens with zero attached hydrogens (tertiary/aromatic N) is 1. The second kappa shape index (κ2) is 14.0. The van der Waals surface area contributed by atoms with Crippen molar-refractivity contribution in [2.24, 2.45) is 0 Å². The fourth-order valence-electron chi connectivity index (χ4n) is 6.29. The van der Waals surface area contributed by atoms with Crippen LogP contribution in [0, 0.1) is 0 Å². The SMILES string of the molecule is CC(C)(C)[Si](C)(C)O[C@H]1[C@@H](NOC2CCCO2)[C@H](n2ccc(=O)[nH]c2=O)O[C@@H]1CO[Si](c1ccccc1)(c1ccccc1)C(C)(C)C. The van der Waals surface area contributed by atoms with E-state index in [9.17, 15) is 9.59 Å². The first kappa shape index (κ1) is 35.6. The third-order valence-corrected chi connectivity index (χ3v) is 19.3. The molecule has 1 unspecified atom stereocenters. The second-order valence-corrected chi connectivity index (χ2v) is 24.2. The lowest BCUT2D eigenvalue weighted by molar-refractivity contribution is -0.174. The molecule has 5 atom stereocenters. The number of H-pyrrole nitrogens is 1. The van der Waals surface area contributed by atoms with E-state index in [1.54, 1.807) is 0 Å². The van der Waals surface area contributed by atoms with Crippen molar-refractivity contribution in [3.63, 3.8) is 0 Å². The molecule has 3 heterocycles. The molecule has 12 heteroatoms. The molecule has 2 fully saturated rings. The van der Waals surface area contributed by atoms with Crippen molar-refractivity contribution < 1.29 is 23.2 Å². The summed E-state index contributed by atoms with van der Waals surface area (Å²) in [7, 11) is -5.34. The van der Waals surface area contributed by atoms with Crippen molar-refractivity contribution in [2.75, 3.05) is 13.2 Å². The molecule has 5 rings (SSSR count). The lowest BCUT2D eigenvalue weighted by Crippen LogP contribution is -2.67. The van der Waals surface area contributed by atoms with Crippen LogP contribution in [0.15, 0.2) is 82.5 Å². The molecule has 2 aliphatic heterocycles. The molecule has 2 N–H and O–H groups in total. The minimum atomic E-state index is -2.94. The summed E-state index contributed by atoms with van der Waals surface area (Å²) in [6.45, 7) is 18.5. The van der Waals surface area contributed by atoms with Gasteiger partial charge in [-0.3, -0.25) is 19.2 Å². The Bertz CT molecular complexity index is 1540. The van der Waals surface area contributed by atoms with E-state index in [-0.39, 0.29) is 16.7 Å². The molecular weight excluding hydrogens is 631 g/mol. The van der Waals surface area contributed by atoms with Crippen LogP contribution in [0.4, 0.5) is 0 Å². The Balaban J connectivity index is 1.59. The number of aromatic nitrogens is 2. The first-order valence-corrected chi connectivity index (χ1v) is 21.4. The molecule has 1 aromatic heterocycles. The number of hydroxylamine groups is 1. The largest absolute Gasteiger partial charge is 0.409 e. The van der Waals surface area contributed by atoms with E-state index in [1.165, 1.54) is 16.8 Å². The summed E-state index contributed by atoms with van der Waals surface area (Å²) in [6, 6.07) is 21.6. The molecule has 10 nitrogen and oxygen atoms in total. The van der Waals surface area contributed by atoms with E-state index >= 15 is 0 Å². The summed E-state index contributed by atoms with van der Waals surface area (Å²) in [4.78, 5) is 33.7. The fourth-order valence-corrected chi connectivity index (χ4v) is 12.2. The van der Waals surface area contributed by atoms with Gasteiger partial charge in [-0.05, 0) is 40.0 Å². The highest BCUT2D eigenvalue weighted by atomic mass is 28.4. The number of benzene rings is 2. The highest BCUT2D eigenvalue weighted by Crippen LogP contribution is 2.42. The Morgan fingerprint density at radius 3 is 2.04 bits per heavy atom. The Hall–Kier alpha value is -2.69. The molecule has 0 spiro atoms. The van der Waals surface area contributed by atoms with Gasteiger partial charge in [-0.1, -0.05) is 102 Å². The highest BCUT2D eigenvalue weighted by Gasteiger charge is 2.55. The van der Waals surface area contributed by atoms with Gasteiger partial charge in [0.25, 0.3) is 13.9 Å². The quantitative estimate of drug-likeness (QED) is 0.226. The zero-order chi connectivity index (χ0) is 34.0. The summed E-state index contributed by atoms with van der Waals surface area (Å²) in [5.74, 6) is 0. The molecule has 2 saturated heterocycles. The standard InChI is InChI=1S/C35H51N3O7Si2/c1-34(2,3)46(7,8)45-31-27(24-42-47(35(4,5)6,25-16-11-9-12-17-25)26-18-13-10-14-19-26)43-32(38-22-21-28(39)36-33(38)40)30(31)37-44-29-20-15-23-41-29/h9-14,16-19,21-22,27,29-32,37H,15,20,23-24H2,1-8H3,(H,36,39,40)/t27-,29?,30-,31-,32-/m1/s1. The van der Waals surface area contributed by atoms with Gasteiger partial charge in [-0.25, -0.2) is 4.79 Å². The van der Waals surface area contributed by atoms with Crippen LogP contribution < -0.4 is 27.1 Å². The zero-order valence-corrected chi connectivity index (χ0v) is 30.9. The van der Waals surface area contributed by atoms with Crippen molar-refractivity contribution in [3.8, 4) is 0 Å². The molecule has 0 aliphatic carbocycles. The maximum absolute atomic E-state index is 13.2. The second-order valence-electron chi connectivity index (χ2n) is 15.1. The van der Waals surface area contributed by atoms with Crippen LogP contribution in [0.3, 0.4) is 0 Å². The maximum atomic E-state index is 13.2. The number of ether oxygens (including phenoxy) is 2. The van der Waals surface area contributed by atoms with E-state index < -0.39 is 58.7 Å². The molecule has 0 bridgehead atoms. The van der Waals surface area contributed by atoms with E-state index in [0.717, 1.165) is 23.2 Å². The Labute approximate surface area is 280 Å². The van der Waals surface area contributed by atoms with Crippen molar-refractivity contribution in [1.82, 2.24) is 15.0 Å². The fraction of sp³-hybridized carbons (Fsp3) is 0.543. The summed E-state index contributed by atoms with van der Waals surface area (Å²) < 4.78 is 28.4. The Morgan fingerprint density at radius 2 is 1.53 bits per heavy atom. The first-order valence-electron chi connectivity index (χ1n) is 16.6. The molecule has 0 saturated carbocycles. The minimum absolute atomic E-state index is 0.108. The molecular formula is C35H51N3O7Si2. The smallest absolute Gasteiger partial charge is 0.330 e. The molecule has 0 amide bonds. The summed E-state index contributed by atoms with van der Waals surface area (Å²) >= 11 is 0. The molecule has 0 radical (unpaired) electrons. The normalized spacial score (nSPS) is 24.1. The van der Waals surface area contributed by atoms with E-state index in [0.29, 0.717) is 6.61 Å². The van der Waals surface area contributed by atoms with Gasteiger partial charge in [0, 0.05) is 18.7 Å². The number of aromatic amines is 1. The minimum Gasteiger partial charge on any atom is -0.409 e. The highest BCUT2D eigenvalue weighted by molar-refractivity contribution is 6.99. The topological polar surface area (TPSA) is 113 Å². The third-order valence-electron chi connectivity index (χ3n) is 9.81. The molecule has 2 aromatic carbocycles. The van der Waals surface area contributed by atoms with Gasteiger partial charge in [0.15, 0.2) is 20.8 Å².